The van der Waals surface area contributed by atoms with Crippen molar-refractivity contribution in [3.63, 3.8) is 0 Å². The van der Waals surface area contributed by atoms with E-state index in [2.05, 4.69) is 5.32 Å². The number of carbonyl (C=O) groups excluding carboxylic acids is 2. The molecule has 1 rings (SSSR count). The summed E-state index contributed by atoms with van der Waals surface area (Å²) in [5.74, 6) is -1.91. The van der Waals surface area contributed by atoms with Crippen LogP contribution in [-0.2, 0) is 15.9 Å². The number of anilines is 1. The van der Waals surface area contributed by atoms with Crippen LogP contribution in [0.2, 0.25) is 0 Å². The number of nitrogens with one attached hydrogen (secondary N) is 1. The molecule has 3 amide bonds. The van der Waals surface area contributed by atoms with Crippen LogP contribution < -0.4 is 10.2 Å². The molecule has 0 aliphatic heterocycles. The molecule has 2 N–H and O–H groups in total. The first-order valence-electron chi connectivity index (χ1n) is 7.04. The molecule has 0 radical (unpaired) electrons. The van der Waals surface area contributed by atoms with E-state index in [1.165, 1.54) is 0 Å². The van der Waals surface area contributed by atoms with E-state index in [0.717, 1.165) is 24.3 Å². The van der Waals surface area contributed by atoms with Crippen LogP contribution in [0.15, 0.2) is 29.2 Å². The minimum absolute atomic E-state index is 0.0828. The molecule has 0 fully saturated rings. The summed E-state index contributed by atoms with van der Waals surface area (Å²) < 4.78 is 60.5. The molecule has 0 heterocycles. The molecule has 2 atom stereocenters. The molecular formula is C14H16F3N2O5S-. The van der Waals surface area contributed by atoms with E-state index in [-0.39, 0.29) is 29.0 Å². The molecule has 0 saturated heterocycles. The maximum absolute atomic E-state index is 12.9. The molecular weight excluding hydrogens is 365 g/mol. The maximum Gasteiger partial charge on any atom is 0.426 e. The number of halogens is 3. The van der Waals surface area contributed by atoms with Crippen molar-refractivity contribution in [1.82, 2.24) is 5.32 Å². The highest BCUT2D eigenvalue weighted by atomic mass is 32.2. The zero-order valence-electron chi connectivity index (χ0n) is 13.3. The van der Waals surface area contributed by atoms with E-state index in [1.54, 1.807) is 6.92 Å². The zero-order chi connectivity index (χ0) is 19.4. The Kier molecular flexibility index (Phi) is 6.68. The van der Waals surface area contributed by atoms with E-state index < -0.39 is 34.8 Å². The Morgan fingerprint density at radius 2 is 1.80 bits per heavy atom. The van der Waals surface area contributed by atoms with Gasteiger partial charge < -0.3 is 15.0 Å². The molecule has 11 heteroatoms. The molecule has 7 nitrogen and oxygen atoms in total. The molecule has 0 spiro atoms. The average molecular weight is 381 g/mol. The van der Waals surface area contributed by atoms with Gasteiger partial charge in [-0.1, -0.05) is 6.92 Å². The number of amides is 3. The third kappa shape index (κ3) is 4.77. The molecule has 0 aromatic heterocycles. The number of hydrogen-bond acceptors (Lipinski definition) is 5. The van der Waals surface area contributed by atoms with E-state index in [4.69, 9.17) is 0 Å². The molecule has 25 heavy (non-hydrogen) atoms. The lowest BCUT2D eigenvalue weighted by Crippen LogP contribution is -2.59. The highest BCUT2D eigenvalue weighted by molar-refractivity contribution is 7.79. The standard InChI is InChI=1S/C14H17F3N2O5S/c1-3-8-18-12(21)19(11(20)13(2,22)14(15,16)17)9-4-6-10(7-5-9)25(23)24/h4-7,22H,3,8H2,1-2H3,(H,18,21)(H,23,24)/p-1. The number of nitrogens with zero attached hydrogens (tertiary/aromatic N) is 1. The number of benzene rings is 1. The predicted octanol–water partition coefficient (Wildman–Crippen LogP) is 1.69. The van der Waals surface area contributed by atoms with Gasteiger partial charge in [0.25, 0.3) is 5.91 Å². The Hall–Kier alpha value is -1.98. The van der Waals surface area contributed by atoms with Gasteiger partial charge in [0, 0.05) is 11.4 Å². The van der Waals surface area contributed by atoms with Crippen LogP contribution in [0.5, 0.6) is 0 Å². The summed E-state index contributed by atoms with van der Waals surface area (Å²) in [5, 5.41) is 11.8. The summed E-state index contributed by atoms with van der Waals surface area (Å²) in [6.07, 6.45) is -4.86. The van der Waals surface area contributed by atoms with Gasteiger partial charge in [-0.05, 0) is 48.7 Å². The number of rotatable bonds is 5. The van der Waals surface area contributed by atoms with Crippen molar-refractivity contribution >= 4 is 28.7 Å². The van der Waals surface area contributed by atoms with Crippen LogP contribution in [0.1, 0.15) is 20.3 Å². The first-order chi connectivity index (χ1) is 11.4. The Morgan fingerprint density at radius 1 is 1.28 bits per heavy atom. The Morgan fingerprint density at radius 3 is 2.20 bits per heavy atom. The lowest BCUT2D eigenvalue weighted by atomic mass is 10.0. The Bertz CT molecular complexity index is 661. The quantitative estimate of drug-likeness (QED) is 0.755. The topological polar surface area (TPSA) is 110 Å². The molecule has 140 valence electrons. The fourth-order valence-electron chi connectivity index (χ4n) is 1.68. The number of carbonyl (C=O) groups is 2. The third-order valence-electron chi connectivity index (χ3n) is 3.19. The predicted molar refractivity (Wildman–Crippen MR) is 81.5 cm³/mol. The number of hydrogen-bond donors (Lipinski definition) is 2. The van der Waals surface area contributed by atoms with E-state index in [0.29, 0.717) is 6.42 Å². The Balaban J connectivity index is 3.32. The van der Waals surface area contributed by atoms with Crippen molar-refractivity contribution in [2.24, 2.45) is 0 Å². The molecule has 0 aliphatic carbocycles. The third-order valence-corrected chi connectivity index (χ3v) is 3.85. The van der Waals surface area contributed by atoms with Crippen molar-refractivity contribution in [3.05, 3.63) is 24.3 Å². The van der Waals surface area contributed by atoms with E-state index in [9.17, 15) is 36.6 Å². The molecule has 0 bridgehead atoms. The van der Waals surface area contributed by atoms with Gasteiger partial charge in [0.15, 0.2) is 0 Å². The normalized spacial score (nSPS) is 15.2. The van der Waals surface area contributed by atoms with Gasteiger partial charge in [0.05, 0.1) is 5.69 Å². The molecule has 1 aromatic carbocycles. The number of imide groups is 1. The van der Waals surface area contributed by atoms with Gasteiger partial charge in [-0.25, -0.2) is 9.69 Å². The maximum atomic E-state index is 12.9. The highest BCUT2D eigenvalue weighted by Gasteiger charge is 2.58. The van der Waals surface area contributed by atoms with Crippen molar-refractivity contribution in [2.75, 3.05) is 11.4 Å². The minimum atomic E-state index is -5.32. The zero-order valence-corrected chi connectivity index (χ0v) is 14.1. The molecule has 0 aliphatic rings. The number of urea groups is 1. The van der Waals surface area contributed by atoms with Crippen LogP contribution in [-0.4, -0.2) is 44.1 Å². The lowest BCUT2D eigenvalue weighted by molar-refractivity contribution is -0.243. The first kappa shape index (κ1) is 21.1. The van der Waals surface area contributed by atoms with Crippen molar-refractivity contribution in [3.8, 4) is 0 Å². The summed E-state index contributed by atoms with van der Waals surface area (Å²) in [7, 11) is 0. The average Bonchev–Trinajstić information content (AvgIpc) is 2.52. The monoisotopic (exact) mass is 381 g/mol. The summed E-state index contributed by atoms with van der Waals surface area (Å²) >= 11 is -2.59. The van der Waals surface area contributed by atoms with E-state index in [1.807, 2.05) is 0 Å². The lowest BCUT2D eigenvalue weighted by Gasteiger charge is -2.31. The van der Waals surface area contributed by atoms with Gasteiger partial charge in [-0.2, -0.15) is 13.2 Å². The molecule has 1 aromatic rings. The van der Waals surface area contributed by atoms with Gasteiger partial charge in [-0.3, -0.25) is 9.00 Å². The Labute approximate surface area is 144 Å². The van der Waals surface area contributed by atoms with Gasteiger partial charge in [-0.15, -0.1) is 0 Å². The van der Waals surface area contributed by atoms with Crippen molar-refractivity contribution in [1.29, 1.82) is 0 Å². The summed E-state index contributed by atoms with van der Waals surface area (Å²) in [5.41, 5.74) is -4.13. The molecule has 0 saturated carbocycles. The summed E-state index contributed by atoms with van der Waals surface area (Å²) in [6.45, 7) is 2.01. The molecule has 2 unspecified atom stereocenters. The second-order valence-electron chi connectivity index (χ2n) is 5.17. The van der Waals surface area contributed by atoms with Crippen LogP contribution in [0.25, 0.3) is 0 Å². The highest BCUT2D eigenvalue weighted by Crippen LogP contribution is 2.33. The van der Waals surface area contributed by atoms with Crippen molar-refractivity contribution in [2.45, 2.75) is 36.9 Å². The minimum Gasteiger partial charge on any atom is -0.768 e. The summed E-state index contributed by atoms with van der Waals surface area (Å²) in [6, 6.07) is 2.82. The smallest absolute Gasteiger partial charge is 0.426 e. The van der Waals surface area contributed by atoms with Gasteiger partial charge in [0.2, 0.25) is 5.60 Å². The number of alkyl halides is 3. The van der Waals surface area contributed by atoms with Crippen LogP contribution in [0.3, 0.4) is 0 Å². The van der Waals surface area contributed by atoms with E-state index >= 15 is 0 Å². The van der Waals surface area contributed by atoms with Crippen LogP contribution in [0, 0.1) is 0 Å². The first-order valence-corrected chi connectivity index (χ1v) is 8.11. The van der Waals surface area contributed by atoms with Gasteiger partial charge >= 0.3 is 12.2 Å². The van der Waals surface area contributed by atoms with Crippen molar-refractivity contribution < 1.29 is 36.6 Å². The van der Waals surface area contributed by atoms with Gasteiger partial charge in [0.1, 0.15) is 0 Å². The largest absolute Gasteiger partial charge is 0.768 e. The number of aliphatic hydroxyl groups is 1. The fourth-order valence-corrected chi connectivity index (χ4v) is 2.04. The SMILES string of the molecule is CCCNC(=O)N(C(=O)C(C)(O)C(F)(F)F)c1ccc(S(=O)[O-])cc1. The summed E-state index contributed by atoms with van der Waals surface area (Å²) in [4.78, 5) is 24.3. The fraction of sp³-hybridized carbons (Fsp3) is 0.429. The second-order valence-corrected chi connectivity index (χ2v) is 6.11. The van der Waals surface area contributed by atoms with Crippen LogP contribution >= 0.6 is 0 Å². The second kappa shape index (κ2) is 7.93. The van der Waals surface area contributed by atoms with Crippen LogP contribution in [0.4, 0.5) is 23.7 Å².